The van der Waals surface area contributed by atoms with Crippen molar-refractivity contribution in [3.8, 4) is 5.75 Å². The molecule has 0 aliphatic carbocycles. The lowest BCUT2D eigenvalue weighted by atomic mass is 9.94. The second-order valence-corrected chi connectivity index (χ2v) is 3.58. The van der Waals surface area contributed by atoms with E-state index in [1.807, 2.05) is 12.1 Å². The highest BCUT2D eigenvalue weighted by molar-refractivity contribution is 5.39. The molecule has 4 heteroatoms. The van der Waals surface area contributed by atoms with Gasteiger partial charge in [-0.2, -0.15) is 0 Å². The van der Waals surface area contributed by atoms with Crippen molar-refractivity contribution < 1.29 is 13.5 Å². The molecule has 1 aliphatic heterocycles. The van der Waals surface area contributed by atoms with Gasteiger partial charge in [0.15, 0.2) is 0 Å². The van der Waals surface area contributed by atoms with Crippen molar-refractivity contribution in [3.05, 3.63) is 29.3 Å². The summed E-state index contributed by atoms with van der Waals surface area (Å²) in [7, 11) is 1.54. The van der Waals surface area contributed by atoms with E-state index in [1.54, 1.807) is 6.07 Å². The first kappa shape index (κ1) is 10.4. The van der Waals surface area contributed by atoms with Crippen molar-refractivity contribution in [3.63, 3.8) is 0 Å². The molecule has 0 aromatic heterocycles. The van der Waals surface area contributed by atoms with Gasteiger partial charge in [-0.1, -0.05) is 6.07 Å². The van der Waals surface area contributed by atoms with E-state index in [0.29, 0.717) is 17.9 Å². The topological polar surface area (TPSA) is 21.3 Å². The zero-order chi connectivity index (χ0) is 10.8. The normalized spacial score (nSPS) is 20.1. The number of hydrogen-bond acceptors (Lipinski definition) is 2. The van der Waals surface area contributed by atoms with Gasteiger partial charge in [-0.25, -0.2) is 8.78 Å². The van der Waals surface area contributed by atoms with Gasteiger partial charge >= 0.3 is 0 Å². The molecular formula is C11H13F2NO. The Bertz CT molecular complexity index is 354. The van der Waals surface area contributed by atoms with Gasteiger partial charge < -0.3 is 10.1 Å². The summed E-state index contributed by atoms with van der Waals surface area (Å²) in [6.45, 7) is 0.605. The van der Waals surface area contributed by atoms with E-state index in [0.717, 1.165) is 12.0 Å². The molecule has 2 rings (SSSR count). The molecule has 1 unspecified atom stereocenters. The third-order valence-electron chi connectivity index (χ3n) is 2.70. The summed E-state index contributed by atoms with van der Waals surface area (Å²) in [5.41, 5.74) is 1.65. The largest absolute Gasteiger partial charge is 0.497 e. The molecule has 1 aromatic rings. The van der Waals surface area contributed by atoms with Crippen LogP contribution >= 0.6 is 0 Å². The fourth-order valence-electron chi connectivity index (χ4n) is 1.91. The summed E-state index contributed by atoms with van der Waals surface area (Å²) in [6.07, 6.45) is -1.58. The molecule has 0 bridgehead atoms. The lowest BCUT2D eigenvalue weighted by Crippen LogP contribution is -2.34. The fourth-order valence-corrected chi connectivity index (χ4v) is 1.91. The van der Waals surface area contributed by atoms with Gasteiger partial charge in [0, 0.05) is 0 Å². The quantitative estimate of drug-likeness (QED) is 0.812. The summed E-state index contributed by atoms with van der Waals surface area (Å²) in [5.74, 6) is 0.628. The second-order valence-electron chi connectivity index (χ2n) is 3.58. The fraction of sp³-hybridized carbons (Fsp3) is 0.455. The Hall–Kier alpha value is -1.16. The SMILES string of the molecule is COc1ccc2c(c1)C(C(F)F)NCC2. The average molecular weight is 213 g/mol. The van der Waals surface area contributed by atoms with E-state index < -0.39 is 12.5 Å². The Labute approximate surface area is 87.2 Å². The summed E-state index contributed by atoms with van der Waals surface area (Å²) in [4.78, 5) is 0. The molecule has 0 amide bonds. The first-order chi connectivity index (χ1) is 7.22. The van der Waals surface area contributed by atoms with Crippen molar-refractivity contribution in [1.82, 2.24) is 5.32 Å². The number of fused-ring (bicyclic) bond motifs is 1. The second kappa shape index (κ2) is 4.14. The summed E-state index contributed by atoms with van der Waals surface area (Å²) in [5, 5.41) is 2.82. The third kappa shape index (κ3) is 1.95. The van der Waals surface area contributed by atoms with E-state index in [1.165, 1.54) is 7.11 Å². The molecule has 0 radical (unpaired) electrons. The lowest BCUT2D eigenvalue weighted by Gasteiger charge is -2.26. The monoisotopic (exact) mass is 213 g/mol. The van der Waals surface area contributed by atoms with Crippen LogP contribution in [0.15, 0.2) is 18.2 Å². The zero-order valence-corrected chi connectivity index (χ0v) is 8.47. The number of alkyl halides is 2. The molecule has 2 nitrogen and oxygen atoms in total. The molecule has 0 saturated carbocycles. The maximum absolute atomic E-state index is 12.7. The van der Waals surface area contributed by atoms with Crippen LogP contribution in [-0.2, 0) is 6.42 Å². The smallest absolute Gasteiger partial charge is 0.257 e. The van der Waals surface area contributed by atoms with Crippen molar-refractivity contribution in [2.45, 2.75) is 18.9 Å². The number of hydrogen-bond donors (Lipinski definition) is 1. The van der Waals surface area contributed by atoms with Gasteiger partial charge in [-0.05, 0) is 36.2 Å². The first-order valence-corrected chi connectivity index (χ1v) is 4.90. The van der Waals surface area contributed by atoms with Crippen LogP contribution in [0.4, 0.5) is 8.78 Å². The minimum Gasteiger partial charge on any atom is -0.497 e. The van der Waals surface area contributed by atoms with Crippen LogP contribution in [0.2, 0.25) is 0 Å². The van der Waals surface area contributed by atoms with Crippen LogP contribution in [0.1, 0.15) is 17.2 Å². The van der Waals surface area contributed by atoms with Crippen molar-refractivity contribution in [2.75, 3.05) is 13.7 Å². The predicted molar refractivity (Wildman–Crippen MR) is 53.4 cm³/mol. The van der Waals surface area contributed by atoms with E-state index >= 15 is 0 Å². The van der Waals surface area contributed by atoms with Crippen LogP contribution in [0.5, 0.6) is 5.75 Å². The Kier molecular flexibility index (Phi) is 2.86. The molecule has 1 aromatic carbocycles. The molecule has 0 fully saturated rings. The predicted octanol–water partition coefficient (Wildman–Crippen LogP) is 2.15. The minimum atomic E-state index is -2.38. The number of nitrogens with one attached hydrogen (secondary N) is 1. The Balaban J connectivity index is 2.39. The maximum Gasteiger partial charge on any atom is 0.257 e. The van der Waals surface area contributed by atoms with Crippen LogP contribution in [0.25, 0.3) is 0 Å². The average Bonchev–Trinajstić information content (AvgIpc) is 2.27. The summed E-state index contributed by atoms with van der Waals surface area (Å²) < 4.78 is 30.5. The Morgan fingerprint density at radius 2 is 2.27 bits per heavy atom. The Morgan fingerprint density at radius 1 is 1.47 bits per heavy atom. The van der Waals surface area contributed by atoms with Gasteiger partial charge in [-0.3, -0.25) is 0 Å². The molecule has 1 atom stereocenters. The molecule has 15 heavy (non-hydrogen) atoms. The van der Waals surface area contributed by atoms with Crippen LogP contribution in [0, 0.1) is 0 Å². The van der Waals surface area contributed by atoms with Crippen molar-refractivity contribution >= 4 is 0 Å². The highest BCUT2D eigenvalue weighted by Gasteiger charge is 2.27. The molecule has 82 valence electrons. The summed E-state index contributed by atoms with van der Waals surface area (Å²) >= 11 is 0. The molecule has 1 N–H and O–H groups in total. The number of methoxy groups -OCH3 is 1. The molecule has 0 spiro atoms. The number of benzene rings is 1. The zero-order valence-electron chi connectivity index (χ0n) is 8.47. The van der Waals surface area contributed by atoms with E-state index in [-0.39, 0.29) is 0 Å². The van der Waals surface area contributed by atoms with Gasteiger partial charge in [-0.15, -0.1) is 0 Å². The minimum absolute atomic E-state index is 0.605. The van der Waals surface area contributed by atoms with Crippen LogP contribution in [0.3, 0.4) is 0 Å². The van der Waals surface area contributed by atoms with Crippen LogP contribution < -0.4 is 10.1 Å². The molecule has 1 heterocycles. The molecule has 1 aliphatic rings. The van der Waals surface area contributed by atoms with Gasteiger partial charge in [0.2, 0.25) is 0 Å². The van der Waals surface area contributed by atoms with E-state index in [2.05, 4.69) is 5.32 Å². The first-order valence-electron chi connectivity index (χ1n) is 4.90. The van der Waals surface area contributed by atoms with E-state index in [4.69, 9.17) is 4.74 Å². The van der Waals surface area contributed by atoms with Crippen molar-refractivity contribution in [2.24, 2.45) is 0 Å². The van der Waals surface area contributed by atoms with Gasteiger partial charge in [0.25, 0.3) is 6.43 Å². The molecular weight excluding hydrogens is 200 g/mol. The van der Waals surface area contributed by atoms with Crippen LogP contribution in [-0.4, -0.2) is 20.1 Å². The highest BCUT2D eigenvalue weighted by atomic mass is 19.3. The van der Waals surface area contributed by atoms with E-state index in [9.17, 15) is 8.78 Å². The maximum atomic E-state index is 12.7. The number of halogens is 2. The standard InChI is InChI=1S/C11H13F2NO/c1-15-8-3-2-7-4-5-14-10(11(12)13)9(7)6-8/h2-3,6,10-11,14H,4-5H2,1H3. The lowest BCUT2D eigenvalue weighted by molar-refractivity contribution is 0.0953. The highest BCUT2D eigenvalue weighted by Crippen LogP contribution is 2.30. The van der Waals surface area contributed by atoms with Gasteiger partial charge in [0.1, 0.15) is 5.75 Å². The van der Waals surface area contributed by atoms with Crippen molar-refractivity contribution in [1.29, 1.82) is 0 Å². The summed E-state index contributed by atoms with van der Waals surface area (Å²) in [6, 6.07) is 4.51. The van der Waals surface area contributed by atoms with Gasteiger partial charge in [0.05, 0.1) is 13.2 Å². The third-order valence-corrected chi connectivity index (χ3v) is 2.70. The Morgan fingerprint density at radius 3 is 2.93 bits per heavy atom. The molecule has 0 saturated heterocycles. The number of rotatable bonds is 2. The number of ether oxygens (including phenoxy) is 1.